The van der Waals surface area contributed by atoms with Crippen molar-refractivity contribution < 1.29 is 19.1 Å². The highest BCUT2D eigenvalue weighted by molar-refractivity contribution is 6.53. The number of esters is 1. The summed E-state index contributed by atoms with van der Waals surface area (Å²) < 4.78 is 5.37. The number of aryl methyl sites for hydroxylation is 1. The van der Waals surface area contributed by atoms with Gasteiger partial charge in [-0.2, -0.15) is 0 Å². The molecular weight excluding hydrogens is 487 g/mol. The number of imide groups is 1. The zero-order valence-electron chi connectivity index (χ0n) is 17.1. The molecule has 1 N–H and O–H groups in total. The van der Waals surface area contributed by atoms with Gasteiger partial charge in [-0.15, -0.1) is 0 Å². The van der Waals surface area contributed by atoms with Crippen molar-refractivity contribution in [2.75, 3.05) is 10.2 Å². The van der Waals surface area contributed by atoms with Crippen LogP contribution in [0.1, 0.15) is 15.9 Å². The Bertz CT molecular complexity index is 1300. The van der Waals surface area contributed by atoms with Crippen LogP contribution in [0.2, 0.25) is 10.0 Å². The fourth-order valence-electron chi connectivity index (χ4n) is 3.12. The molecule has 0 unspecified atom stereocenters. The Morgan fingerprint density at radius 2 is 1.55 bits per heavy atom. The van der Waals surface area contributed by atoms with Gasteiger partial charge in [-0.05, 0) is 79.2 Å². The number of amides is 2. The Kier molecular flexibility index (Phi) is 6.42. The van der Waals surface area contributed by atoms with Crippen molar-refractivity contribution in [2.45, 2.75) is 6.92 Å². The molecule has 1 aliphatic rings. The average Bonchev–Trinajstić information content (AvgIpc) is 3.00. The third-order valence-corrected chi connectivity index (χ3v) is 5.87. The minimum atomic E-state index is -0.648. The number of nitrogens with one attached hydrogen (secondary N) is 1. The second kappa shape index (κ2) is 9.27. The summed E-state index contributed by atoms with van der Waals surface area (Å²) in [6, 6.07) is 17.4. The normalized spacial score (nSPS) is 13.5. The Labute approximate surface area is 204 Å². The van der Waals surface area contributed by atoms with Crippen molar-refractivity contribution in [2.24, 2.45) is 0 Å². The minimum Gasteiger partial charge on any atom is -0.423 e. The summed E-state index contributed by atoms with van der Waals surface area (Å²) in [5, 5.41) is 3.66. The van der Waals surface area contributed by atoms with E-state index < -0.39 is 17.8 Å². The standard InChI is InChI=1S/C24H15Cl3N2O4/c1-13-12-18(10-11-19(13)26)33-24(32)14-2-6-16(7-3-14)28-21-20(27)22(30)29(23(21)31)17-8-4-15(25)5-9-17/h2-12,28H,1H3. The number of hydrogen-bond donors (Lipinski definition) is 1. The predicted molar refractivity (Wildman–Crippen MR) is 128 cm³/mol. The number of benzene rings is 3. The Morgan fingerprint density at radius 1 is 0.879 bits per heavy atom. The van der Waals surface area contributed by atoms with Crippen LogP contribution in [0.4, 0.5) is 11.4 Å². The summed E-state index contributed by atoms with van der Waals surface area (Å²) in [6.45, 7) is 1.81. The van der Waals surface area contributed by atoms with Crippen LogP contribution in [0.15, 0.2) is 77.5 Å². The van der Waals surface area contributed by atoms with Crippen LogP contribution in [0.5, 0.6) is 5.75 Å². The number of halogens is 3. The highest BCUT2D eigenvalue weighted by Gasteiger charge is 2.38. The van der Waals surface area contributed by atoms with Gasteiger partial charge in [-0.25, -0.2) is 9.69 Å². The van der Waals surface area contributed by atoms with Gasteiger partial charge in [-0.1, -0.05) is 34.8 Å². The number of rotatable bonds is 5. The molecule has 9 heteroatoms. The molecule has 1 aliphatic heterocycles. The molecule has 6 nitrogen and oxygen atoms in total. The molecule has 3 aromatic rings. The predicted octanol–water partition coefficient (Wildman–Crippen LogP) is 5.96. The quantitative estimate of drug-likeness (QED) is 0.265. The second-order valence-corrected chi connectivity index (χ2v) is 8.34. The van der Waals surface area contributed by atoms with E-state index in [4.69, 9.17) is 39.5 Å². The van der Waals surface area contributed by atoms with Crippen LogP contribution in [0, 0.1) is 6.92 Å². The summed E-state index contributed by atoms with van der Waals surface area (Å²) in [5.74, 6) is -1.43. The third kappa shape index (κ3) is 4.73. The largest absolute Gasteiger partial charge is 0.423 e. The van der Waals surface area contributed by atoms with E-state index >= 15 is 0 Å². The maximum absolute atomic E-state index is 12.8. The van der Waals surface area contributed by atoms with Crippen molar-refractivity contribution in [3.05, 3.63) is 98.6 Å². The fourth-order valence-corrected chi connectivity index (χ4v) is 3.57. The van der Waals surface area contributed by atoms with Crippen molar-refractivity contribution >= 4 is 64.0 Å². The zero-order valence-corrected chi connectivity index (χ0v) is 19.3. The van der Waals surface area contributed by atoms with Crippen molar-refractivity contribution in [1.29, 1.82) is 0 Å². The summed E-state index contributed by atoms with van der Waals surface area (Å²) >= 11 is 18.0. The summed E-state index contributed by atoms with van der Waals surface area (Å²) in [5.41, 5.74) is 1.82. The summed E-state index contributed by atoms with van der Waals surface area (Å²) in [6.07, 6.45) is 0. The molecule has 4 rings (SSSR count). The monoisotopic (exact) mass is 500 g/mol. The topological polar surface area (TPSA) is 75.7 Å². The van der Waals surface area contributed by atoms with Crippen molar-refractivity contribution in [1.82, 2.24) is 0 Å². The molecule has 0 atom stereocenters. The highest BCUT2D eigenvalue weighted by Crippen LogP contribution is 2.31. The molecule has 0 aliphatic carbocycles. The first-order valence-corrected chi connectivity index (χ1v) is 10.8. The minimum absolute atomic E-state index is 0.0661. The van der Waals surface area contributed by atoms with Crippen LogP contribution >= 0.6 is 34.8 Å². The van der Waals surface area contributed by atoms with E-state index in [9.17, 15) is 14.4 Å². The molecule has 1 heterocycles. The van der Waals surface area contributed by atoms with Crippen LogP contribution in [0.25, 0.3) is 0 Å². The van der Waals surface area contributed by atoms with Crippen LogP contribution < -0.4 is 15.0 Å². The molecule has 33 heavy (non-hydrogen) atoms. The molecule has 0 bridgehead atoms. The fraction of sp³-hybridized carbons (Fsp3) is 0.0417. The number of ether oxygens (including phenoxy) is 1. The first-order chi connectivity index (χ1) is 15.7. The molecule has 0 fully saturated rings. The van der Waals surface area contributed by atoms with Crippen LogP contribution in [0.3, 0.4) is 0 Å². The van der Waals surface area contributed by atoms with E-state index in [0.29, 0.717) is 32.7 Å². The van der Waals surface area contributed by atoms with Gasteiger partial charge < -0.3 is 10.1 Å². The van der Waals surface area contributed by atoms with Gasteiger partial charge in [0.25, 0.3) is 11.8 Å². The van der Waals surface area contributed by atoms with Gasteiger partial charge in [0.2, 0.25) is 0 Å². The third-order valence-electron chi connectivity index (χ3n) is 4.84. The number of anilines is 2. The molecule has 0 saturated carbocycles. The van der Waals surface area contributed by atoms with Crippen LogP contribution in [-0.2, 0) is 9.59 Å². The molecule has 2 amide bonds. The van der Waals surface area contributed by atoms with E-state index in [1.54, 1.807) is 54.6 Å². The first-order valence-electron chi connectivity index (χ1n) is 9.64. The van der Waals surface area contributed by atoms with Gasteiger partial charge >= 0.3 is 5.97 Å². The Hall–Kier alpha value is -3.32. The van der Waals surface area contributed by atoms with Gasteiger partial charge in [-0.3, -0.25) is 9.59 Å². The molecule has 3 aromatic carbocycles. The molecule has 0 aromatic heterocycles. The zero-order chi connectivity index (χ0) is 23.7. The SMILES string of the molecule is Cc1cc(OC(=O)c2ccc(NC3=C(Cl)C(=O)N(c4ccc(Cl)cc4)C3=O)cc2)ccc1Cl. The molecule has 0 saturated heterocycles. The first kappa shape index (κ1) is 22.9. The number of carbonyl (C=O) groups excluding carboxylic acids is 3. The summed E-state index contributed by atoms with van der Waals surface area (Å²) in [7, 11) is 0. The van der Waals surface area contributed by atoms with Crippen molar-refractivity contribution in [3.8, 4) is 5.75 Å². The highest BCUT2D eigenvalue weighted by atomic mass is 35.5. The van der Waals surface area contributed by atoms with Gasteiger partial charge in [0.15, 0.2) is 0 Å². The Morgan fingerprint density at radius 3 is 2.18 bits per heavy atom. The van der Waals surface area contributed by atoms with E-state index in [1.165, 1.54) is 12.1 Å². The van der Waals surface area contributed by atoms with Crippen LogP contribution in [-0.4, -0.2) is 17.8 Å². The van der Waals surface area contributed by atoms with E-state index in [1.807, 2.05) is 6.92 Å². The van der Waals surface area contributed by atoms with Gasteiger partial charge in [0, 0.05) is 15.7 Å². The Balaban J connectivity index is 1.47. The van der Waals surface area contributed by atoms with E-state index in [0.717, 1.165) is 10.5 Å². The molecule has 0 radical (unpaired) electrons. The van der Waals surface area contributed by atoms with Crippen molar-refractivity contribution in [3.63, 3.8) is 0 Å². The van der Waals surface area contributed by atoms with Gasteiger partial charge in [0.05, 0.1) is 11.3 Å². The lowest BCUT2D eigenvalue weighted by Gasteiger charge is -2.15. The lowest BCUT2D eigenvalue weighted by molar-refractivity contribution is -0.120. The van der Waals surface area contributed by atoms with E-state index in [2.05, 4.69) is 5.32 Å². The molecule has 166 valence electrons. The maximum Gasteiger partial charge on any atom is 0.343 e. The van der Waals surface area contributed by atoms with E-state index in [-0.39, 0.29) is 10.7 Å². The lowest BCUT2D eigenvalue weighted by atomic mass is 10.2. The smallest absolute Gasteiger partial charge is 0.343 e. The maximum atomic E-state index is 12.8. The van der Waals surface area contributed by atoms with Gasteiger partial charge in [0.1, 0.15) is 16.5 Å². The lowest BCUT2D eigenvalue weighted by Crippen LogP contribution is -2.32. The molecular formula is C24H15Cl3N2O4. The number of carbonyl (C=O) groups is 3. The number of nitrogens with zero attached hydrogens (tertiary/aromatic N) is 1. The second-order valence-electron chi connectivity index (χ2n) is 7.11. The molecule has 0 spiro atoms. The average molecular weight is 502 g/mol. The number of hydrogen-bond acceptors (Lipinski definition) is 5. The summed E-state index contributed by atoms with van der Waals surface area (Å²) in [4.78, 5) is 38.7.